The summed E-state index contributed by atoms with van der Waals surface area (Å²) >= 11 is 0. The van der Waals surface area contributed by atoms with Crippen LogP contribution < -0.4 is 4.90 Å². The Morgan fingerprint density at radius 2 is 1.71 bits per heavy atom. The van der Waals surface area contributed by atoms with Gasteiger partial charge in [-0.05, 0) is 24.1 Å². The first-order valence-electron chi connectivity index (χ1n) is 5.76. The van der Waals surface area contributed by atoms with E-state index in [1.165, 1.54) is 5.56 Å². The number of aryl methyl sites for hydroxylation is 1. The summed E-state index contributed by atoms with van der Waals surface area (Å²) < 4.78 is 4.48. The topological polar surface area (TPSA) is 46.6 Å². The molecule has 4 nitrogen and oxygen atoms in total. The monoisotopic (exact) mass is 233 g/mol. The molecule has 0 bridgehead atoms. The number of rotatable bonds is 3. The van der Waals surface area contributed by atoms with E-state index in [4.69, 9.17) is 0 Å². The highest BCUT2D eigenvalue weighted by molar-refractivity contribution is 5.94. The number of cyclic esters (lactones) is 2. The van der Waals surface area contributed by atoms with Gasteiger partial charge in [-0.25, -0.2) is 9.59 Å². The molecule has 1 saturated heterocycles. The summed E-state index contributed by atoms with van der Waals surface area (Å²) in [7, 11) is 0. The van der Waals surface area contributed by atoms with E-state index in [0.717, 1.165) is 18.5 Å². The third-order valence-electron chi connectivity index (χ3n) is 2.71. The minimum atomic E-state index is -0.487. The molecular formula is C13H15NO3. The van der Waals surface area contributed by atoms with E-state index in [0.29, 0.717) is 0 Å². The van der Waals surface area contributed by atoms with Crippen LogP contribution in [0.2, 0.25) is 0 Å². The minimum Gasteiger partial charge on any atom is -0.390 e. The van der Waals surface area contributed by atoms with Gasteiger partial charge in [0.25, 0.3) is 0 Å². The van der Waals surface area contributed by atoms with Crippen LogP contribution in [0.1, 0.15) is 18.9 Å². The summed E-state index contributed by atoms with van der Waals surface area (Å²) in [6.45, 7) is 2.41. The first-order valence-corrected chi connectivity index (χ1v) is 5.76. The third-order valence-corrected chi connectivity index (χ3v) is 2.71. The van der Waals surface area contributed by atoms with Crippen LogP contribution in [-0.2, 0) is 20.7 Å². The first kappa shape index (κ1) is 11.6. The zero-order chi connectivity index (χ0) is 12.3. The first-order chi connectivity index (χ1) is 8.19. The smallest absolute Gasteiger partial charge is 0.333 e. The molecular weight excluding hydrogens is 218 g/mol. The molecule has 1 aliphatic heterocycles. The number of ether oxygens (including phenoxy) is 1. The second-order valence-electron chi connectivity index (χ2n) is 4.12. The Morgan fingerprint density at radius 3 is 2.24 bits per heavy atom. The Kier molecular flexibility index (Phi) is 3.42. The molecule has 0 amide bonds. The minimum absolute atomic E-state index is 0.138. The summed E-state index contributed by atoms with van der Waals surface area (Å²) in [5.41, 5.74) is 2.15. The Balaban J connectivity index is 2.11. The second kappa shape index (κ2) is 4.99. The highest BCUT2D eigenvalue weighted by atomic mass is 16.6. The molecule has 0 N–H and O–H groups in total. The molecule has 0 radical (unpaired) electrons. The van der Waals surface area contributed by atoms with E-state index in [1.807, 2.05) is 24.3 Å². The van der Waals surface area contributed by atoms with Crippen molar-refractivity contribution in [2.45, 2.75) is 19.8 Å². The van der Waals surface area contributed by atoms with Gasteiger partial charge in [0.1, 0.15) is 13.1 Å². The van der Waals surface area contributed by atoms with Gasteiger partial charge in [0, 0.05) is 5.69 Å². The van der Waals surface area contributed by atoms with Crippen LogP contribution in [0.4, 0.5) is 5.69 Å². The van der Waals surface area contributed by atoms with E-state index in [1.54, 1.807) is 4.90 Å². The van der Waals surface area contributed by atoms with Crippen molar-refractivity contribution in [3.63, 3.8) is 0 Å². The maximum absolute atomic E-state index is 11.1. The van der Waals surface area contributed by atoms with Gasteiger partial charge in [-0.3, -0.25) is 0 Å². The number of esters is 2. The zero-order valence-corrected chi connectivity index (χ0v) is 9.81. The fraction of sp³-hybridized carbons (Fsp3) is 0.385. The van der Waals surface area contributed by atoms with Crippen molar-refractivity contribution < 1.29 is 14.3 Å². The van der Waals surface area contributed by atoms with E-state index >= 15 is 0 Å². The second-order valence-corrected chi connectivity index (χ2v) is 4.12. The van der Waals surface area contributed by atoms with Crippen LogP contribution >= 0.6 is 0 Å². The Morgan fingerprint density at radius 1 is 1.12 bits per heavy atom. The normalized spacial score (nSPS) is 15.9. The maximum Gasteiger partial charge on any atom is 0.333 e. The molecule has 0 aromatic heterocycles. The van der Waals surface area contributed by atoms with Crippen molar-refractivity contribution in [2.75, 3.05) is 18.0 Å². The predicted molar refractivity (Wildman–Crippen MR) is 63.7 cm³/mol. The third kappa shape index (κ3) is 2.84. The average Bonchev–Trinajstić information content (AvgIpc) is 2.29. The van der Waals surface area contributed by atoms with Gasteiger partial charge in [-0.1, -0.05) is 25.5 Å². The number of benzene rings is 1. The maximum atomic E-state index is 11.1. The van der Waals surface area contributed by atoms with Crippen LogP contribution in [0.25, 0.3) is 0 Å². The molecule has 0 atom stereocenters. The lowest BCUT2D eigenvalue weighted by molar-refractivity contribution is -0.160. The number of morpholine rings is 1. The van der Waals surface area contributed by atoms with E-state index in [-0.39, 0.29) is 13.1 Å². The quantitative estimate of drug-likeness (QED) is 0.586. The van der Waals surface area contributed by atoms with E-state index in [2.05, 4.69) is 11.7 Å². The summed E-state index contributed by atoms with van der Waals surface area (Å²) in [6.07, 6.45) is 2.15. The highest BCUT2D eigenvalue weighted by Crippen LogP contribution is 2.17. The number of carbonyl (C=O) groups is 2. The summed E-state index contributed by atoms with van der Waals surface area (Å²) in [5, 5.41) is 0. The van der Waals surface area contributed by atoms with Crippen LogP contribution in [-0.4, -0.2) is 25.0 Å². The molecule has 2 rings (SSSR count). The number of hydrogen-bond acceptors (Lipinski definition) is 4. The number of nitrogens with zero attached hydrogens (tertiary/aromatic N) is 1. The van der Waals surface area contributed by atoms with Crippen molar-refractivity contribution in [3.05, 3.63) is 29.8 Å². The van der Waals surface area contributed by atoms with Gasteiger partial charge in [-0.2, -0.15) is 0 Å². The molecule has 4 heteroatoms. The Hall–Kier alpha value is -1.84. The lowest BCUT2D eigenvalue weighted by Crippen LogP contribution is -2.42. The standard InChI is InChI=1S/C13H15NO3/c1-2-3-10-4-6-11(7-5-10)14-8-12(15)17-13(16)9-14/h4-7H,2-3,8-9H2,1H3. The van der Waals surface area contributed by atoms with Crippen molar-refractivity contribution in [3.8, 4) is 0 Å². The molecule has 0 unspecified atom stereocenters. The number of hydrogen-bond donors (Lipinski definition) is 0. The molecule has 17 heavy (non-hydrogen) atoms. The van der Waals surface area contributed by atoms with E-state index < -0.39 is 11.9 Å². The molecule has 0 aliphatic carbocycles. The lowest BCUT2D eigenvalue weighted by atomic mass is 10.1. The fourth-order valence-corrected chi connectivity index (χ4v) is 1.90. The largest absolute Gasteiger partial charge is 0.390 e. The van der Waals surface area contributed by atoms with Crippen LogP contribution in [0.3, 0.4) is 0 Å². The zero-order valence-electron chi connectivity index (χ0n) is 9.81. The summed E-state index contributed by atoms with van der Waals surface area (Å²) in [6, 6.07) is 7.94. The van der Waals surface area contributed by atoms with Crippen molar-refractivity contribution in [1.29, 1.82) is 0 Å². The molecule has 1 aromatic rings. The van der Waals surface area contributed by atoms with Crippen molar-refractivity contribution >= 4 is 17.6 Å². The van der Waals surface area contributed by atoms with E-state index in [9.17, 15) is 9.59 Å². The predicted octanol–water partition coefficient (Wildman–Crippen LogP) is 1.53. The van der Waals surface area contributed by atoms with Gasteiger partial charge in [0.2, 0.25) is 0 Å². The van der Waals surface area contributed by atoms with Crippen LogP contribution in [0.15, 0.2) is 24.3 Å². The fourth-order valence-electron chi connectivity index (χ4n) is 1.90. The Labute approximate surface area is 100 Å². The lowest BCUT2D eigenvalue weighted by Gasteiger charge is -2.26. The summed E-state index contributed by atoms with van der Waals surface area (Å²) in [5.74, 6) is -0.974. The number of carbonyl (C=O) groups excluding carboxylic acids is 2. The van der Waals surface area contributed by atoms with Crippen molar-refractivity contribution in [1.82, 2.24) is 0 Å². The Bertz CT molecular complexity index is 409. The number of anilines is 1. The average molecular weight is 233 g/mol. The molecule has 0 saturated carbocycles. The molecule has 1 fully saturated rings. The van der Waals surface area contributed by atoms with Crippen molar-refractivity contribution in [2.24, 2.45) is 0 Å². The van der Waals surface area contributed by atoms with Gasteiger partial charge in [0.05, 0.1) is 0 Å². The van der Waals surface area contributed by atoms with Gasteiger partial charge < -0.3 is 9.64 Å². The SMILES string of the molecule is CCCc1ccc(N2CC(=O)OC(=O)C2)cc1. The molecule has 90 valence electrons. The molecule has 1 heterocycles. The van der Waals surface area contributed by atoms with Crippen LogP contribution in [0.5, 0.6) is 0 Å². The summed E-state index contributed by atoms with van der Waals surface area (Å²) in [4.78, 5) is 24.0. The highest BCUT2D eigenvalue weighted by Gasteiger charge is 2.24. The van der Waals surface area contributed by atoms with Gasteiger partial charge in [0.15, 0.2) is 0 Å². The van der Waals surface area contributed by atoms with Gasteiger partial charge in [-0.15, -0.1) is 0 Å². The van der Waals surface area contributed by atoms with Gasteiger partial charge >= 0.3 is 11.9 Å². The van der Waals surface area contributed by atoms with Crippen LogP contribution in [0, 0.1) is 0 Å². The molecule has 1 aliphatic rings. The molecule has 1 aromatic carbocycles. The molecule has 0 spiro atoms.